The summed E-state index contributed by atoms with van der Waals surface area (Å²) in [4.78, 5) is 4.20. The Morgan fingerprint density at radius 1 is 1.44 bits per heavy atom. The molecule has 0 aliphatic heterocycles. The molecule has 0 unspecified atom stereocenters. The maximum atomic E-state index is 8.40. The zero-order valence-corrected chi connectivity index (χ0v) is 11.5. The van der Waals surface area contributed by atoms with Crippen LogP contribution in [0.3, 0.4) is 0 Å². The van der Waals surface area contributed by atoms with E-state index in [0.29, 0.717) is 17.5 Å². The Morgan fingerprint density at radius 2 is 2.11 bits per heavy atom. The van der Waals surface area contributed by atoms with Crippen LogP contribution in [-0.2, 0) is 5.41 Å². The first-order valence-corrected chi connectivity index (χ1v) is 6.75. The Morgan fingerprint density at radius 3 is 2.61 bits per heavy atom. The first-order chi connectivity index (χ1) is 8.54. The van der Waals surface area contributed by atoms with Gasteiger partial charge in [0, 0.05) is 12.6 Å². The molecule has 1 aliphatic rings. The number of hydrogen-bond donors (Lipinski definition) is 1. The van der Waals surface area contributed by atoms with Crippen LogP contribution < -0.4 is 0 Å². The van der Waals surface area contributed by atoms with E-state index in [1.54, 1.807) is 6.20 Å². The van der Waals surface area contributed by atoms with Crippen molar-refractivity contribution in [3.8, 4) is 0 Å². The van der Waals surface area contributed by atoms with Crippen molar-refractivity contribution in [3.63, 3.8) is 0 Å². The van der Waals surface area contributed by atoms with Crippen molar-refractivity contribution in [2.75, 3.05) is 0 Å². The summed E-state index contributed by atoms with van der Waals surface area (Å²) in [5.41, 5.74) is 0.442. The van der Waals surface area contributed by atoms with Gasteiger partial charge in [0.05, 0.1) is 11.6 Å². The summed E-state index contributed by atoms with van der Waals surface area (Å²) in [5.74, 6) is 2.04. The van der Waals surface area contributed by atoms with Crippen molar-refractivity contribution in [2.45, 2.75) is 51.9 Å². The molecule has 0 atom stereocenters. The number of nitrogens with zero attached hydrogens (tertiary/aromatic N) is 1. The molecule has 1 heterocycles. The molecule has 0 radical (unpaired) electrons. The van der Waals surface area contributed by atoms with Crippen LogP contribution in [0.4, 0.5) is 0 Å². The van der Waals surface area contributed by atoms with Gasteiger partial charge < -0.3 is 9.83 Å². The van der Waals surface area contributed by atoms with E-state index in [9.17, 15) is 0 Å². The third kappa shape index (κ3) is 2.40. The molecule has 1 aromatic rings. The van der Waals surface area contributed by atoms with E-state index in [0.717, 1.165) is 31.4 Å². The van der Waals surface area contributed by atoms with Crippen molar-refractivity contribution in [1.82, 2.24) is 4.98 Å². The molecule has 0 amide bonds. The van der Waals surface area contributed by atoms with Crippen molar-refractivity contribution < 1.29 is 4.42 Å². The summed E-state index contributed by atoms with van der Waals surface area (Å²) in [7, 11) is 0. The minimum atomic E-state index is -0.230. The molecule has 1 fully saturated rings. The highest BCUT2D eigenvalue weighted by Gasteiger charge is 2.41. The number of aryl methyl sites for hydroxylation is 1. The van der Waals surface area contributed by atoms with Crippen LogP contribution in [0, 0.1) is 18.3 Å². The highest BCUT2D eigenvalue weighted by atomic mass is 16.4. The molecule has 3 nitrogen and oxygen atoms in total. The molecular weight excluding hydrogens is 224 g/mol. The molecule has 0 saturated heterocycles. The van der Waals surface area contributed by atoms with Gasteiger partial charge in [-0.1, -0.05) is 32.8 Å². The van der Waals surface area contributed by atoms with Gasteiger partial charge in [0.15, 0.2) is 5.89 Å². The highest BCUT2D eigenvalue weighted by Crippen LogP contribution is 2.42. The molecule has 0 aromatic carbocycles. The average Bonchev–Trinajstić information content (AvgIpc) is 2.94. The Balaban J connectivity index is 2.30. The number of allylic oxidation sites excluding steroid dienone is 2. The predicted octanol–water partition coefficient (Wildman–Crippen LogP) is 4.03. The molecule has 0 spiro atoms. The molecule has 2 rings (SSSR count). The van der Waals surface area contributed by atoms with Gasteiger partial charge in [0.2, 0.25) is 0 Å². The summed E-state index contributed by atoms with van der Waals surface area (Å²) >= 11 is 0. The average molecular weight is 246 g/mol. The van der Waals surface area contributed by atoms with Crippen LogP contribution in [0.5, 0.6) is 0 Å². The number of rotatable bonds is 4. The minimum Gasteiger partial charge on any atom is -0.445 e. The number of hydrogen-bond acceptors (Lipinski definition) is 3. The summed E-state index contributed by atoms with van der Waals surface area (Å²) in [5, 5.41) is 8.40. The fourth-order valence-electron chi connectivity index (χ4n) is 2.66. The van der Waals surface area contributed by atoms with Gasteiger partial charge in [-0.3, -0.25) is 0 Å². The lowest BCUT2D eigenvalue weighted by molar-refractivity contribution is 0.401. The SMILES string of the molecule is Cc1ncc(C2(C(=N)/C=C/C(C)C)CCCC2)o1. The second kappa shape index (κ2) is 5.09. The first-order valence-electron chi connectivity index (χ1n) is 6.75. The van der Waals surface area contributed by atoms with Gasteiger partial charge in [-0.15, -0.1) is 0 Å². The molecular formula is C15H22N2O. The van der Waals surface area contributed by atoms with Crippen molar-refractivity contribution in [2.24, 2.45) is 5.92 Å². The number of oxazole rings is 1. The van der Waals surface area contributed by atoms with E-state index in [4.69, 9.17) is 9.83 Å². The van der Waals surface area contributed by atoms with E-state index in [2.05, 4.69) is 24.9 Å². The molecule has 18 heavy (non-hydrogen) atoms. The third-order valence-corrected chi connectivity index (χ3v) is 3.71. The van der Waals surface area contributed by atoms with E-state index in [1.807, 2.05) is 13.0 Å². The lowest BCUT2D eigenvalue weighted by atomic mass is 9.78. The minimum absolute atomic E-state index is 0.230. The fourth-order valence-corrected chi connectivity index (χ4v) is 2.66. The third-order valence-electron chi connectivity index (χ3n) is 3.71. The molecule has 0 bridgehead atoms. The second-order valence-electron chi connectivity index (χ2n) is 5.55. The largest absolute Gasteiger partial charge is 0.445 e. The first kappa shape index (κ1) is 13.1. The number of nitrogens with one attached hydrogen (secondary N) is 1. The summed E-state index contributed by atoms with van der Waals surface area (Å²) in [6, 6.07) is 0. The Hall–Kier alpha value is -1.38. The van der Waals surface area contributed by atoms with Gasteiger partial charge in [-0.05, 0) is 24.8 Å². The van der Waals surface area contributed by atoms with Gasteiger partial charge in [-0.2, -0.15) is 0 Å². The van der Waals surface area contributed by atoms with Crippen molar-refractivity contribution >= 4 is 5.71 Å². The van der Waals surface area contributed by atoms with Crippen LogP contribution in [-0.4, -0.2) is 10.7 Å². The summed E-state index contributed by atoms with van der Waals surface area (Å²) in [6.45, 7) is 6.12. The smallest absolute Gasteiger partial charge is 0.191 e. The van der Waals surface area contributed by atoms with Crippen LogP contribution in [0.1, 0.15) is 51.2 Å². The molecule has 3 heteroatoms. The molecule has 1 aliphatic carbocycles. The van der Waals surface area contributed by atoms with Crippen LogP contribution in [0.2, 0.25) is 0 Å². The van der Waals surface area contributed by atoms with Crippen LogP contribution in [0.25, 0.3) is 0 Å². The van der Waals surface area contributed by atoms with Crippen LogP contribution in [0.15, 0.2) is 22.8 Å². The standard InChI is InChI=1S/C15H22N2O/c1-11(2)6-7-13(16)15(8-4-5-9-15)14-10-17-12(3)18-14/h6-7,10-11,16H,4-5,8-9H2,1-3H3/b7-6+,16-13?. The fraction of sp³-hybridized carbons (Fsp3) is 0.600. The monoisotopic (exact) mass is 246 g/mol. The zero-order valence-electron chi connectivity index (χ0n) is 11.5. The zero-order chi connectivity index (χ0) is 13.2. The lowest BCUT2D eigenvalue weighted by Gasteiger charge is -2.25. The topological polar surface area (TPSA) is 49.9 Å². The predicted molar refractivity (Wildman–Crippen MR) is 73.1 cm³/mol. The normalized spacial score (nSPS) is 18.9. The van der Waals surface area contributed by atoms with Gasteiger partial charge >= 0.3 is 0 Å². The highest BCUT2D eigenvalue weighted by molar-refractivity contribution is 6.01. The maximum Gasteiger partial charge on any atom is 0.191 e. The Bertz CT molecular complexity index is 451. The lowest BCUT2D eigenvalue weighted by Crippen LogP contribution is -2.30. The number of aromatic nitrogens is 1. The molecule has 1 N–H and O–H groups in total. The molecule has 1 saturated carbocycles. The summed E-state index contributed by atoms with van der Waals surface area (Å²) in [6.07, 6.45) is 10.2. The second-order valence-corrected chi connectivity index (χ2v) is 5.55. The van der Waals surface area contributed by atoms with E-state index in [1.165, 1.54) is 0 Å². The van der Waals surface area contributed by atoms with E-state index in [-0.39, 0.29) is 5.41 Å². The quantitative estimate of drug-likeness (QED) is 0.815. The maximum absolute atomic E-state index is 8.40. The van der Waals surface area contributed by atoms with E-state index < -0.39 is 0 Å². The van der Waals surface area contributed by atoms with E-state index >= 15 is 0 Å². The Labute approximate surface area is 109 Å². The molecule has 98 valence electrons. The van der Waals surface area contributed by atoms with Gasteiger partial charge in [-0.25, -0.2) is 4.98 Å². The van der Waals surface area contributed by atoms with Crippen LogP contribution >= 0.6 is 0 Å². The van der Waals surface area contributed by atoms with Gasteiger partial charge in [0.25, 0.3) is 0 Å². The Kier molecular flexibility index (Phi) is 3.69. The summed E-state index contributed by atoms with van der Waals surface area (Å²) < 4.78 is 5.71. The van der Waals surface area contributed by atoms with Crippen molar-refractivity contribution in [1.29, 1.82) is 5.41 Å². The van der Waals surface area contributed by atoms with Gasteiger partial charge in [0.1, 0.15) is 5.76 Å². The van der Waals surface area contributed by atoms with Crippen molar-refractivity contribution in [3.05, 3.63) is 30.0 Å². The molecule has 1 aromatic heterocycles.